The predicted octanol–water partition coefficient (Wildman–Crippen LogP) is 3.14. The van der Waals surface area contributed by atoms with Crippen molar-refractivity contribution in [3.05, 3.63) is 86.9 Å². The van der Waals surface area contributed by atoms with E-state index >= 15 is 0 Å². The van der Waals surface area contributed by atoms with Gasteiger partial charge in [-0.1, -0.05) is 50.7 Å². The molecule has 2 aromatic rings. The smallest absolute Gasteiger partial charge is 0.253 e. The van der Waals surface area contributed by atoms with E-state index in [1.807, 2.05) is 52.7 Å². The lowest BCUT2D eigenvalue weighted by Crippen LogP contribution is -2.71. The molecule has 2 atom stereocenters. The summed E-state index contributed by atoms with van der Waals surface area (Å²) in [7, 11) is 2.76. The summed E-state index contributed by atoms with van der Waals surface area (Å²) in [5, 5.41) is 24.7. The fourth-order valence-electron chi connectivity index (χ4n) is 6.32. The largest absolute Gasteiger partial charge is 0.543 e. The lowest BCUT2D eigenvalue weighted by Gasteiger charge is -2.50. The number of ketones is 2. The topological polar surface area (TPSA) is 166 Å². The van der Waals surface area contributed by atoms with E-state index in [0.717, 1.165) is 37.0 Å². The molecule has 2 N–H and O–H groups in total. The van der Waals surface area contributed by atoms with Gasteiger partial charge in [0.1, 0.15) is 11.4 Å². The number of rotatable bonds is 18. The summed E-state index contributed by atoms with van der Waals surface area (Å²) in [6.07, 6.45) is 13.1. The van der Waals surface area contributed by atoms with Gasteiger partial charge in [0.2, 0.25) is 29.0 Å². The maximum atomic E-state index is 12.6. The number of carbonyl (C=O) groups excluding carboxylic acids is 5. The van der Waals surface area contributed by atoms with Gasteiger partial charge in [-0.3, -0.25) is 24.1 Å². The first kappa shape index (κ1) is 40.5. The number of hydrogen-bond acceptors (Lipinski definition) is 11. The Morgan fingerprint density at radius 1 is 0.942 bits per heavy atom. The van der Waals surface area contributed by atoms with Crippen molar-refractivity contribution in [2.24, 2.45) is 0 Å². The zero-order valence-corrected chi connectivity index (χ0v) is 31.5. The Balaban J connectivity index is 0.000000236. The minimum absolute atomic E-state index is 0.00614. The standard InChI is InChI=1S/C19H17N3O4S2.C19H30O5/c23-14(9-13-5-4-8-27-13)20-15-17(24)22-16(19(25)26)12(11-28-18(15)22)10-21-6-2-1-3-7-21;1-14-15(12-10-8-6-4-5-7-9-11-13-20)17(22)19(24-3)18(23-2)16(14)21/h1-8,15,18H,9-11H2,(H-,20,23,25,26);20H,4-13H2,1-3H3/t15-,18-;/m1./s1. The number of aliphatic hydroxyl groups excluding tert-OH is 1. The number of hydrogen-bond donors (Lipinski definition) is 2. The Bertz CT molecular complexity index is 1690. The summed E-state index contributed by atoms with van der Waals surface area (Å²) in [5.74, 6) is -2.02. The number of carboxylic acid groups (broad SMARTS) is 1. The van der Waals surface area contributed by atoms with Crippen molar-refractivity contribution >= 4 is 52.4 Å². The highest BCUT2D eigenvalue weighted by atomic mass is 32.2. The summed E-state index contributed by atoms with van der Waals surface area (Å²) in [4.78, 5) is 63.5. The summed E-state index contributed by atoms with van der Waals surface area (Å²) >= 11 is 2.93. The Labute approximate surface area is 312 Å². The molecule has 0 spiro atoms. The Hall–Kier alpha value is -4.27. The van der Waals surface area contributed by atoms with Crippen LogP contribution in [0.2, 0.25) is 0 Å². The number of unbranched alkanes of at least 4 members (excludes halogenated alkanes) is 7. The van der Waals surface area contributed by atoms with Crippen LogP contribution in [0.4, 0.5) is 0 Å². The molecule has 0 radical (unpaired) electrons. The van der Waals surface area contributed by atoms with Crippen LogP contribution in [0.1, 0.15) is 69.6 Å². The van der Waals surface area contributed by atoms with Gasteiger partial charge in [-0.25, -0.2) is 4.57 Å². The molecule has 12 nitrogen and oxygen atoms in total. The number of aromatic nitrogens is 1. The van der Waals surface area contributed by atoms with Gasteiger partial charge in [0.05, 0.1) is 32.3 Å². The van der Waals surface area contributed by atoms with Gasteiger partial charge in [-0.15, -0.1) is 23.1 Å². The van der Waals surface area contributed by atoms with Crippen LogP contribution in [0.25, 0.3) is 0 Å². The van der Waals surface area contributed by atoms with Crippen molar-refractivity contribution in [2.75, 3.05) is 26.6 Å². The van der Waals surface area contributed by atoms with E-state index in [0.29, 0.717) is 35.4 Å². The van der Waals surface area contributed by atoms with E-state index in [2.05, 4.69) is 5.32 Å². The predicted molar refractivity (Wildman–Crippen MR) is 194 cm³/mol. The third kappa shape index (κ3) is 10.2. The fourth-order valence-corrected chi connectivity index (χ4v) is 8.35. The van der Waals surface area contributed by atoms with Gasteiger partial charge in [0.15, 0.2) is 18.9 Å². The number of aliphatic carboxylic acids is 1. The molecule has 2 aliphatic heterocycles. The van der Waals surface area contributed by atoms with Crippen LogP contribution in [0.3, 0.4) is 0 Å². The van der Waals surface area contributed by atoms with Crippen molar-refractivity contribution in [2.45, 2.75) is 89.1 Å². The first-order chi connectivity index (χ1) is 25.1. The number of pyridine rings is 1. The summed E-state index contributed by atoms with van der Waals surface area (Å²) in [5.41, 5.74) is 1.57. The van der Waals surface area contributed by atoms with E-state index in [1.165, 1.54) is 61.5 Å². The molecule has 0 saturated carbocycles. The zero-order chi connectivity index (χ0) is 37.6. The minimum atomic E-state index is -1.37. The van der Waals surface area contributed by atoms with Crippen LogP contribution in [0.15, 0.2) is 82.0 Å². The summed E-state index contributed by atoms with van der Waals surface area (Å²) < 4.78 is 12.0. The molecule has 1 fully saturated rings. The number of aliphatic hydroxyl groups is 1. The van der Waals surface area contributed by atoms with Crippen LogP contribution in [-0.2, 0) is 46.4 Å². The fraction of sp³-hybridized carbons (Fsp3) is 0.474. The van der Waals surface area contributed by atoms with E-state index in [4.69, 9.17) is 14.6 Å². The van der Waals surface area contributed by atoms with Crippen molar-refractivity contribution in [1.29, 1.82) is 0 Å². The second-order valence-electron chi connectivity index (χ2n) is 12.6. The van der Waals surface area contributed by atoms with Crippen LogP contribution in [0.5, 0.6) is 0 Å². The van der Waals surface area contributed by atoms with Gasteiger partial charge >= 0.3 is 0 Å². The molecule has 52 heavy (non-hydrogen) atoms. The van der Waals surface area contributed by atoms with Crippen LogP contribution >= 0.6 is 23.1 Å². The van der Waals surface area contributed by atoms with Crippen molar-refractivity contribution < 1.29 is 48.2 Å². The van der Waals surface area contributed by atoms with E-state index in [-0.39, 0.29) is 47.7 Å². The average Bonchev–Trinajstić information content (AvgIpc) is 3.65. The number of fused-ring (bicyclic) bond motifs is 1. The van der Waals surface area contributed by atoms with Gasteiger partial charge < -0.3 is 29.8 Å². The third-order valence-corrected chi connectivity index (χ3v) is 11.3. The second kappa shape index (κ2) is 20.1. The van der Waals surface area contributed by atoms with Crippen LogP contribution in [0, 0.1) is 0 Å². The molecule has 2 amide bonds. The molecule has 280 valence electrons. The number of methoxy groups -OCH3 is 2. The minimum Gasteiger partial charge on any atom is -0.543 e. The zero-order valence-electron chi connectivity index (χ0n) is 29.9. The van der Waals surface area contributed by atoms with E-state index < -0.39 is 23.3 Å². The number of β-lactam (4-membered cyclic amide) rings is 1. The number of nitrogens with one attached hydrogen (secondary N) is 1. The number of ether oxygens (including phenoxy) is 2. The third-order valence-electron chi connectivity index (χ3n) is 9.05. The maximum Gasteiger partial charge on any atom is 0.253 e. The molecule has 3 aliphatic rings. The Kier molecular flexibility index (Phi) is 15.7. The molecule has 14 heteroatoms. The lowest BCUT2D eigenvalue weighted by molar-refractivity contribution is -0.689. The maximum absolute atomic E-state index is 12.6. The number of allylic oxidation sites excluding steroid dienone is 2. The highest BCUT2D eigenvalue weighted by Gasteiger charge is 2.53. The second-order valence-corrected chi connectivity index (χ2v) is 14.8. The molecule has 2 aromatic heterocycles. The number of thioether (sulfide) groups is 1. The quantitative estimate of drug-likeness (QED) is 0.100. The van der Waals surface area contributed by atoms with Gasteiger partial charge in [0.25, 0.3) is 5.91 Å². The lowest BCUT2D eigenvalue weighted by atomic mass is 9.89. The normalized spacial score (nSPS) is 18.5. The first-order valence-electron chi connectivity index (χ1n) is 17.5. The summed E-state index contributed by atoms with van der Waals surface area (Å²) in [6, 6.07) is 8.59. The number of carbonyl (C=O) groups is 5. The monoisotopic (exact) mass is 753 g/mol. The average molecular weight is 754 g/mol. The number of amides is 2. The van der Waals surface area contributed by atoms with Crippen molar-refractivity contribution in [3.63, 3.8) is 0 Å². The van der Waals surface area contributed by atoms with Gasteiger partial charge in [0, 0.05) is 46.1 Å². The van der Waals surface area contributed by atoms with Crippen LogP contribution < -0.4 is 15.0 Å². The molecular formula is C38H47N3O9S2. The number of Topliss-reactive ketones (excluding diaryl/α,β-unsaturated/α-hetero) is 2. The van der Waals surface area contributed by atoms with Crippen molar-refractivity contribution in [3.8, 4) is 0 Å². The van der Waals surface area contributed by atoms with E-state index in [1.54, 1.807) is 6.92 Å². The van der Waals surface area contributed by atoms with Gasteiger partial charge in [-0.05, 0) is 37.6 Å². The van der Waals surface area contributed by atoms with Crippen LogP contribution in [-0.4, -0.2) is 77.4 Å². The summed E-state index contributed by atoms with van der Waals surface area (Å²) in [6.45, 7) is 2.33. The Morgan fingerprint density at radius 2 is 1.58 bits per heavy atom. The first-order valence-corrected chi connectivity index (χ1v) is 19.4. The van der Waals surface area contributed by atoms with Gasteiger partial charge in [-0.2, -0.15) is 0 Å². The molecule has 1 saturated heterocycles. The van der Waals surface area contributed by atoms with E-state index in [9.17, 15) is 29.1 Å². The molecule has 4 heterocycles. The number of thiophene rings is 1. The highest BCUT2D eigenvalue weighted by molar-refractivity contribution is 8.00. The molecule has 1 aliphatic carbocycles. The molecule has 5 rings (SSSR count). The molecule has 0 aromatic carbocycles. The Morgan fingerprint density at radius 3 is 2.17 bits per heavy atom. The number of nitrogens with zero attached hydrogens (tertiary/aromatic N) is 2. The molecular weight excluding hydrogens is 707 g/mol. The highest BCUT2D eigenvalue weighted by Crippen LogP contribution is 2.40. The molecule has 0 unspecified atom stereocenters. The molecule has 0 bridgehead atoms. The van der Waals surface area contributed by atoms with Crippen molar-refractivity contribution in [1.82, 2.24) is 10.2 Å². The SMILES string of the molecule is COC1=C(OC)C(=O)C(CCCCCCCCCCO)=C(C)C1=O.O=C(Cc1cccs1)N[C@@H]1C(=O)N2C(C(=O)[O-])=C(C[n+]3ccccc3)CS[C@H]12. The number of carboxylic acids is 1.